The van der Waals surface area contributed by atoms with E-state index in [1.165, 1.54) is 5.56 Å². The van der Waals surface area contributed by atoms with Crippen LogP contribution in [-0.4, -0.2) is 14.9 Å². The Hall–Kier alpha value is -2.55. The number of benzene rings is 2. The van der Waals surface area contributed by atoms with Crippen LogP contribution in [0.5, 0.6) is 5.75 Å². The van der Waals surface area contributed by atoms with Crippen LogP contribution in [0.2, 0.25) is 0 Å². The molecule has 0 radical (unpaired) electrons. The predicted octanol–water partition coefficient (Wildman–Crippen LogP) is 4.12. The molecule has 0 aliphatic rings. The maximum atomic E-state index is 10.5. The smallest absolute Gasteiger partial charge is 0.165 e. The topological polar surface area (TPSA) is 38.0 Å². The van der Waals surface area contributed by atoms with Gasteiger partial charge < -0.3 is 5.11 Å². The first-order valence-electron chi connectivity index (χ1n) is 7.14. The lowest BCUT2D eigenvalue weighted by atomic mass is 10.1. The molecule has 0 bridgehead atoms. The first-order chi connectivity index (χ1) is 10.2. The van der Waals surface area contributed by atoms with Gasteiger partial charge in [-0.15, -0.1) is 0 Å². The molecular formula is C18H18N2O. The molecule has 1 aromatic heterocycles. The van der Waals surface area contributed by atoms with E-state index >= 15 is 0 Å². The summed E-state index contributed by atoms with van der Waals surface area (Å²) < 4.78 is 1.83. The van der Waals surface area contributed by atoms with Gasteiger partial charge in [0.25, 0.3) is 0 Å². The molecule has 1 N–H and O–H groups in total. The minimum absolute atomic E-state index is 0.269. The van der Waals surface area contributed by atoms with Gasteiger partial charge in [-0.1, -0.05) is 49.4 Å². The van der Waals surface area contributed by atoms with Gasteiger partial charge in [-0.05, 0) is 31.0 Å². The van der Waals surface area contributed by atoms with Crippen molar-refractivity contribution in [2.75, 3.05) is 0 Å². The Bertz CT molecular complexity index is 760. The maximum Gasteiger partial charge on any atom is 0.165 e. The molecule has 3 rings (SSSR count). The highest BCUT2D eigenvalue weighted by atomic mass is 16.3. The summed E-state index contributed by atoms with van der Waals surface area (Å²) in [6.45, 7) is 4.05. The zero-order valence-electron chi connectivity index (χ0n) is 12.2. The first-order valence-corrected chi connectivity index (χ1v) is 7.14. The van der Waals surface area contributed by atoms with Crippen LogP contribution in [0.1, 0.15) is 18.2 Å². The fourth-order valence-electron chi connectivity index (χ4n) is 2.49. The van der Waals surface area contributed by atoms with Gasteiger partial charge in [0.2, 0.25) is 0 Å². The molecule has 0 saturated carbocycles. The molecule has 0 aliphatic carbocycles. The highest BCUT2D eigenvalue weighted by Crippen LogP contribution is 2.34. The molecule has 21 heavy (non-hydrogen) atoms. The second kappa shape index (κ2) is 5.44. The minimum atomic E-state index is 0.269. The highest BCUT2D eigenvalue weighted by Gasteiger charge is 2.18. The number of aromatic hydroxyl groups is 1. The molecule has 0 aliphatic heterocycles. The van der Waals surface area contributed by atoms with Crippen LogP contribution in [0, 0.1) is 6.92 Å². The first kappa shape index (κ1) is 13.4. The van der Waals surface area contributed by atoms with Crippen molar-refractivity contribution in [2.45, 2.75) is 20.3 Å². The lowest BCUT2D eigenvalue weighted by Crippen LogP contribution is -1.99. The molecule has 106 valence electrons. The lowest BCUT2D eigenvalue weighted by molar-refractivity contribution is 0.471. The number of hydrogen-bond acceptors (Lipinski definition) is 2. The van der Waals surface area contributed by atoms with E-state index in [4.69, 9.17) is 0 Å². The van der Waals surface area contributed by atoms with Crippen molar-refractivity contribution in [1.29, 1.82) is 0 Å². The van der Waals surface area contributed by atoms with Crippen molar-refractivity contribution >= 4 is 0 Å². The highest BCUT2D eigenvalue weighted by molar-refractivity contribution is 5.70. The number of hydrogen-bond donors (Lipinski definition) is 1. The van der Waals surface area contributed by atoms with Crippen molar-refractivity contribution in [3.8, 4) is 22.7 Å². The van der Waals surface area contributed by atoms with Gasteiger partial charge in [-0.25, -0.2) is 4.68 Å². The quantitative estimate of drug-likeness (QED) is 0.782. The average Bonchev–Trinajstić information content (AvgIpc) is 2.85. The summed E-state index contributed by atoms with van der Waals surface area (Å²) in [4.78, 5) is 0. The van der Waals surface area contributed by atoms with Crippen LogP contribution in [0.15, 0.2) is 54.6 Å². The zero-order valence-corrected chi connectivity index (χ0v) is 12.2. The van der Waals surface area contributed by atoms with Gasteiger partial charge in [-0.3, -0.25) is 0 Å². The second-order valence-electron chi connectivity index (χ2n) is 5.11. The van der Waals surface area contributed by atoms with E-state index in [1.54, 1.807) is 0 Å². The largest absolute Gasteiger partial charge is 0.504 e. The molecule has 0 spiro atoms. The molecule has 0 fully saturated rings. The molecule has 3 heteroatoms. The van der Waals surface area contributed by atoms with Crippen molar-refractivity contribution in [3.05, 3.63) is 65.9 Å². The van der Waals surface area contributed by atoms with Gasteiger partial charge in [0.1, 0.15) is 11.4 Å². The predicted molar refractivity (Wildman–Crippen MR) is 84.8 cm³/mol. The summed E-state index contributed by atoms with van der Waals surface area (Å²) >= 11 is 0. The van der Waals surface area contributed by atoms with E-state index in [-0.39, 0.29) is 5.75 Å². The van der Waals surface area contributed by atoms with E-state index in [0.717, 1.165) is 22.6 Å². The summed E-state index contributed by atoms with van der Waals surface area (Å²) in [5.41, 5.74) is 4.56. The summed E-state index contributed by atoms with van der Waals surface area (Å²) in [5, 5.41) is 15.1. The fourth-order valence-corrected chi connectivity index (χ4v) is 2.49. The number of rotatable bonds is 3. The van der Waals surface area contributed by atoms with Crippen LogP contribution in [0.25, 0.3) is 16.9 Å². The Morgan fingerprint density at radius 1 is 1.05 bits per heavy atom. The average molecular weight is 278 g/mol. The monoisotopic (exact) mass is 278 g/mol. The lowest BCUT2D eigenvalue weighted by Gasteiger charge is -2.08. The van der Waals surface area contributed by atoms with Crippen LogP contribution in [0.4, 0.5) is 0 Å². The van der Waals surface area contributed by atoms with E-state index in [1.807, 2.05) is 54.1 Å². The number of aryl methyl sites for hydroxylation is 2. The Labute approximate surface area is 124 Å². The Balaban J connectivity index is 2.25. The Morgan fingerprint density at radius 2 is 1.81 bits per heavy atom. The molecule has 0 saturated heterocycles. The van der Waals surface area contributed by atoms with Crippen LogP contribution in [-0.2, 0) is 6.42 Å². The van der Waals surface area contributed by atoms with Gasteiger partial charge in [0.05, 0.1) is 5.69 Å². The maximum absolute atomic E-state index is 10.5. The summed E-state index contributed by atoms with van der Waals surface area (Å²) in [7, 11) is 0. The number of aromatic nitrogens is 2. The normalized spacial score (nSPS) is 10.8. The molecule has 3 aromatic rings. The van der Waals surface area contributed by atoms with Gasteiger partial charge in [0.15, 0.2) is 5.75 Å². The standard InChI is InChI=1S/C18H18N2O/c1-3-16-18(21)17(14-9-5-4-6-10-14)20(19-16)15-11-7-8-13(2)12-15/h4-12,21H,3H2,1-2H3. The van der Waals surface area contributed by atoms with E-state index in [2.05, 4.69) is 24.2 Å². The number of nitrogens with zero attached hydrogens (tertiary/aromatic N) is 2. The van der Waals surface area contributed by atoms with Crippen molar-refractivity contribution < 1.29 is 5.11 Å². The SMILES string of the molecule is CCc1nn(-c2cccc(C)c2)c(-c2ccccc2)c1O. The zero-order chi connectivity index (χ0) is 14.8. The Morgan fingerprint density at radius 3 is 2.48 bits per heavy atom. The van der Waals surface area contributed by atoms with Gasteiger partial charge in [-0.2, -0.15) is 5.10 Å². The van der Waals surface area contributed by atoms with Gasteiger partial charge >= 0.3 is 0 Å². The summed E-state index contributed by atoms with van der Waals surface area (Å²) in [5.74, 6) is 0.269. The third-order valence-corrected chi connectivity index (χ3v) is 3.56. The minimum Gasteiger partial charge on any atom is -0.504 e. The Kier molecular flexibility index (Phi) is 3.48. The summed E-state index contributed by atoms with van der Waals surface area (Å²) in [6.07, 6.45) is 0.699. The molecule has 3 nitrogen and oxygen atoms in total. The van der Waals surface area contributed by atoms with Crippen molar-refractivity contribution in [1.82, 2.24) is 9.78 Å². The van der Waals surface area contributed by atoms with E-state index < -0.39 is 0 Å². The summed E-state index contributed by atoms with van der Waals surface area (Å²) in [6, 6.07) is 18.0. The molecule has 0 amide bonds. The van der Waals surface area contributed by atoms with Gasteiger partial charge in [0, 0.05) is 5.56 Å². The molecule has 0 atom stereocenters. The molecule has 1 heterocycles. The molecule has 0 unspecified atom stereocenters. The second-order valence-corrected chi connectivity index (χ2v) is 5.11. The molecule has 2 aromatic carbocycles. The van der Waals surface area contributed by atoms with Crippen molar-refractivity contribution in [2.24, 2.45) is 0 Å². The third kappa shape index (κ3) is 2.42. The third-order valence-electron chi connectivity index (χ3n) is 3.56. The van der Waals surface area contributed by atoms with Crippen LogP contribution in [0.3, 0.4) is 0 Å². The molecular weight excluding hydrogens is 260 g/mol. The fraction of sp³-hybridized carbons (Fsp3) is 0.167. The van der Waals surface area contributed by atoms with Crippen LogP contribution < -0.4 is 0 Å². The van der Waals surface area contributed by atoms with E-state index in [0.29, 0.717) is 6.42 Å². The van der Waals surface area contributed by atoms with Crippen molar-refractivity contribution in [3.63, 3.8) is 0 Å². The van der Waals surface area contributed by atoms with Crippen LogP contribution >= 0.6 is 0 Å². The van der Waals surface area contributed by atoms with E-state index in [9.17, 15) is 5.11 Å².